The second kappa shape index (κ2) is 9.66. The van der Waals surface area contributed by atoms with Gasteiger partial charge in [-0.25, -0.2) is 0 Å². The van der Waals surface area contributed by atoms with Gasteiger partial charge >= 0.3 is 0 Å². The van der Waals surface area contributed by atoms with E-state index in [1.807, 2.05) is 0 Å². The molecule has 1 saturated heterocycles. The monoisotopic (exact) mass is 273 g/mol. The van der Waals surface area contributed by atoms with Crippen molar-refractivity contribution in [2.45, 2.75) is 32.4 Å². The minimum Gasteiger partial charge on any atom is -0.383 e. The molecule has 1 heterocycles. The van der Waals surface area contributed by atoms with Gasteiger partial charge in [-0.05, 0) is 33.4 Å². The number of hydrogen-bond donors (Lipinski definition) is 1. The molecular weight excluding hydrogens is 242 g/mol. The molecule has 0 spiro atoms. The van der Waals surface area contributed by atoms with Crippen molar-refractivity contribution >= 4 is 0 Å². The van der Waals surface area contributed by atoms with Gasteiger partial charge in [0.05, 0.1) is 19.3 Å². The molecule has 0 aromatic heterocycles. The summed E-state index contributed by atoms with van der Waals surface area (Å²) in [6.45, 7) is 11.9. The molecule has 0 aromatic carbocycles. The molecule has 114 valence electrons. The number of nitrogens with zero attached hydrogens (tertiary/aromatic N) is 2. The fourth-order valence-electron chi connectivity index (χ4n) is 2.44. The lowest BCUT2D eigenvalue weighted by molar-refractivity contribution is -0.0537. The summed E-state index contributed by atoms with van der Waals surface area (Å²) in [5.41, 5.74) is 5.60. The summed E-state index contributed by atoms with van der Waals surface area (Å²) in [5, 5.41) is 0. The first-order valence-electron chi connectivity index (χ1n) is 7.44. The quantitative estimate of drug-likeness (QED) is 0.659. The highest BCUT2D eigenvalue weighted by Crippen LogP contribution is 2.10. The van der Waals surface area contributed by atoms with Gasteiger partial charge < -0.3 is 15.2 Å². The summed E-state index contributed by atoms with van der Waals surface area (Å²) in [4.78, 5) is 4.90. The molecule has 1 fully saturated rings. The van der Waals surface area contributed by atoms with Crippen LogP contribution in [0.2, 0.25) is 0 Å². The molecule has 5 heteroatoms. The van der Waals surface area contributed by atoms with Crippen molar-refractivity contribution in [1.29, 1.82) is 0 Å². The predicted octanol–water partition coefficient (Wildman–Crippen LogP) is 0.393. The molecule has 0 aromatic rings. The smallest absolute Gasteiger partial charge is 0.0829 e. The third-order valence-corrected chi connectivity index (χ3v) is 3.65. The maximum atomic E-state index is 5.89. The van der Waals surface area contributed by atoms with Crippen LogP contribution in [0.5, 0.6) is 0 Å². The van der Waals surface area contributed by atoms with E-state index in [1.165, 1.54) is 0 Å². The zero-order valence-electron chi connectivity index (χ0n) is 12.8. The summed E-state index contributed by atoms with van der Waals surface area (Å²) >= 11 is 0. The van der Waals surface area contributed by atoms with Gasteiger partial charge in [-0.3, -0.25) is 9.80 Å². The van der Waals surface area contributed by atoms with Crippen molar-refractivity contribution < 1.29 is 9.47 Å². The highest BCUT2D eigenvalue weighted by molar-refractivity contribution is 4.77. The Morgan fingerprint density at radius 3 is 2.84 bits per heavy atom. The van der Waals surface area contributed by atoms with Crippen molar-refractivity contribution in [2.24, 2.45) is 5.73 Å². The average molecular weight is 273 g/mol. The van der Waals surface area contributed by atoms with Crippen LogP contribution < -0.4 is 5.73 Å². The summed E-state index contributed by atoms with van der Waals surface area (Å²) in [5.74, 6) is 0. The van der Waals surface area contributed by atoms with Gasteiger partial charge in [0, 0.05) is 39.3 Å². The zero-order chi connectivity index (χ0) is 14.1. The van der Waals surface area contributed by atoms with E-state index >= 15 is 0 Å². The van der Waals surface area contributed by atoms with E-state index in [0.717, 1.165) is 58.9 Å². The van der Waals surface area contributed by atoms with Crippen LogP contribution in [-0.2, 0) is 9.47 Å². The Hall–Kier alpha value is -0.200. The summed E-state index contributed by atoms with van der Waals surface area (Å²) in [6, 6.07) is 0.600. The van der Waals surface area contributed by atoms with Crippen molar-refractivity contribution in [3.05, 3.63) is 0 Å². The van der Waals surface area contributed by atoms with Crippen molar-refractivity contribution in [1.82, 2.24) is 9.80 Å². The number of nitrogens with two attached hydrogens (primary N) is 1. The molecular formula is C14H31N3O2. The summed E-state index contributed by atoms with van der Waals surface area (Å²) < 4.78 is 11.1. The van der Waals surface area contributed by atoms with Gasteiger partial charge in [0.1, 0.15) is 0 Å². The van der Waals surface area contributed by atoms with Crippen LogP contribution in [0, 0.1) is 0 Å². The second-order valence-corrected chi connectivity index (χ2v) is 5.52. The highest BCUT2D eigenvalue weighted by Gasteiger charge is 2.23. The molecule has 0 saturated carbocycles. The maximum absolute atomic E-state index is 5.89. The Kier molecular flexibility index (Phi) is 8.57. The van der Waals surface area contributed by atoms with Crippen molar-refractivity contribution in [2.75, 3.05) is 59.6 Å². The molecule has 1 aliphatic heterocycles. The van der Waals surface area contributed by atoms with Crippen LogP contribution in [-0.4, -0.2) is 81.5 Å². The summed E-state index contributed by atoms with van der Waals surface area (Å²) in [7, 11) is 1.75. The molecule has 1 unspecified atom stereocenters. The Labute approximate surface area is 118 Å². The molecule has 0 bridgehead atoms. The van der Waals surface area contributed by atoms with Crippen LogP contribution >= 0.6 is 0 Å². The molecule has 0 amide bonds. The lowest BCUT2D eigenvalue weighted by atomic mass is 10.2. The number of hydrogen-bond acceptors (Lipinski definition) is 5. The molecule has 2 N–H and O–H groups in total. The number of rotatable bonds is 9. The number of ether oxygens (including phenoxy) is 2. The largest absolute Gasteiger partial charge is 0.383 e. The van der Waals surface area contributed by atoms with Crippen molar-refractivity contribution in [3.63, 3.8) is 0 Å². The Balaban J connectivity index is 2.38. The number of methoxy groups -OCH3 is 1. The first kappa shape index (κ1) is 16.9. The van der Waals surface area contributed by atoms with Crippen LogP contribution in [0.15, 0.2) is 0 Å². The summed E-state index contributed by atoms with van der Waals surface area (Å²) in [6.07, 6.45) is 1.34. The fourth-order valence-corrected chi connectivity index (χ4v) is 2.44. The van der Waals surface area contributed by atoms with Crippen LogP contribution in [0.4, 0.5) is 0 Å². The third kappa shape index (κ3) is 6.68. The van der Waals surface area contributed by atoms with E-state index in [9.17, 15) is 0 Å². The van der Waals surface area contributed by atoms with Gasteiger partial charge in [-0.1, -0.05) is 0 Å². The molecule has 1 aliphatic rings. The van der Waals surface area contributed by atoms with E-state index in [2.05, 4.69) is 23.6 Å². The van der Waals surface area contributed by atoms with Gasteiger partial charge in [-0.15, -0.1) is 0 Å². The molecule has 0 radical (unpaired) electrons. The standard InChI is InChI=1S/C14H31N3O2/c1-13(2)17-8-10-19-14(12-17)11-16(6-4-5-15)7-9-18-3/h13-14H,4-12,15H2,1-3H3. The lowest BCUT2D eigenvalue weighted by Gasteiger charge is -2.37. The molecule has 1 atom stereocenters. The molecule has 19 heavy (non-hydrogen) atoms. The minimum atomic E-state index is 0.311. The van der Waals surface area contributed by atoms with Crippen LogP contribution in [0.25, 0.3) is 0 Å². The Morgan fingerprint density at radius 2 is 2.21 bits per heavy atom. The van der Waals surface area contributed by atoms with Gasteiger partial charge in [0.2, 0.25) is 0 Å². The van der Waals surface area contributed by atoms with Gasteiger partial charge in [0.15, 0.2) is 0 Å². The molecule has 5 nitrogen and oxygen atoms in total. The number of morpholine rings is 1. The Bertz CT molecular complexity index is 219. The fraction of sp³-hybridized carbons (Fsp3) is 1.00. The first-order chi connectivity index (χ1) is 9.17. The average Bonchev–Trinajstić information content (AvgIpc) is 2.42. The normalized spacial score (nSPS) is 21.5. The lowest BCUT2D eigenvalue weighted by Crippen LogP contribution is -2.50. The zero-order valence-corrected chi connectivity index (χ0v) is 12.8. The first-order valence-corrected chi connectivity index (χ1v) is 7.44. The van der Waals surface area contributed by atoms with Crippen LogP contribution in [0.3, 0.4) is 0 Å². The van der Waals surface area contributed by atoms with Gasteiger partial charge in [-0.2, -0.15) is 0 Å². The van der Waals surface area contributed by atoms with Crippen LogP contribution in [0.1, 0.15) is 20.3 Å². The van der Waals surface area contributed by atoms with E-state index in [-0.39, 0.29) is 0 Å². The topological polar surface area (TPSA) is 51.0 Å². The minimum absolute atomic E-state index is 0.311. The maximum Gasteiger partial charge on any atom is 0.0829 e. The molecule has 1 rings (SSSR count). The second-order valence-electron chi connectivity index (χ2n) is 5.52. The molecule has 0 aliphatic carbocycles. The van der Waals surface area contributed by atoms with E-state index in [0.29, 0.717) is 12.1 Å². The van der Waals surface area contributed by atoms with E-state index in [1.54, 1.807) is 7.11 Å². The predicted molar refractivity (Wildman–Crippen MR) is 78.4 cm³/mol. The van der Waals surface area contributed by atoms with E-state index in [4.69, 9.17) is 15.2 Å². The van der Waals surface area contributed by atoms with Crippen molar-refractivity contribution in [3.8, 4) is 0 Å². The SMILES string of the molecule is COCCN(CCCN)CC1CN(C(C)C)CCO1. The van der Waals surface area contributed by atoms with Gasteiger partial charge in [0.25, 0.3) is 0 Å². The third-order valence-electron chi connectivity index (χ3n) is 3.65. The highest BCUT2D eigenvalue weighted by atomic mass is 16.5. The van der Waals surface area contributed by atoms with E-state index < -0.39 is 0 Å². The Morgan fingerprint density at radius 1 is 1.42 bits per heavy atom.